The molecule has 1 rings (SSSR count). The molecule has 1 aromatic carbocycles. The van der Waals surface area contributed by atoms with E-state index in [0.717, 1.165) is 5.56 Å². The van der Waals surface area contributed by atoms with Crippen molar-refractivity contribution in [1.29, 1.82) is 0 Å². The molecular formula is C16H25N3O4. The number of benzene rings is 1. The lowest BCUT2D eigenvalue weighted by Gasteiger charge is -2.28. The summed E-state index contributed by atoms with van der Waals surface area (Å²) in [6, 6.07) is 9.38. The van der Waals surface area contributed by atoms with E-state index >= 15 is 0 Å². The Hall–Kier alpha value is -2.28. The summed E-state index contributed by atoms with van der Waals surface area (Å²) in [5.74, 6) is 0.0299. The molecule has 0 saturated heterocycles. The summed E-state index contributed by atoms with van der Waals surface area (Å²) in [5, 5.41) is 17.0. The summed E-state index contributed by atoms with van der Waals surface area (Å²) in [6.07, 6.45) is -1.93. The Bertz CT molecular complexity index is 493. The van der Waals surface area contributed by atoms with Crippen LogP contribution in [0.4, 0.5) is 9.59 Å². The zero-order valence-corrected chi connectivity index (χ0v) is 13.7. The van der Waals surface area contributed by atoms with Gasteiger partial charge < -0.3 is 20.5 Å². The maximum Gasteiger partial charge on any atom is 0.408 e. The lowest BCUT2D eigenvalue weighted by Crippen LogP contribution is -2.57. The minimum absolute atomic E-state index is 0.0299. The van der Waals surface area contributed by atoms with Crippen LogP contribution < -0.4 is 16.0 Å². The molecular weight excluding hydrogens is 298 g/mol. The highest BCUT2D eigenvalue weighted by molar-refractivity contribution is 5.67. The first-order valence-electron chi connectivity index (χ1n) is 7.65. The number of carbonyl (C=O) groups is 2. The van der Waals surface area contributed by atoms with Crippen LogP contribution in [0, 0.1) is 5.92 Å². The van der Waals surface area contributed by atoms with Crippen molar-refractivity contribution in [2.45, 2.75) is 46.1 Å². The molecule has 1 aromatic rings. The van der Waals surface area contributed by atoms with Crippen LogP contribution in [-0.2, 0) is 11.3 Å². The van der Waals surface area contributed by atoms with Gasteiger partial charge in [0.25, 0.3) is 0 Å². The average molecular weight is 323 g/mol. The molecule has 0 aromatic heterocycles. The van der Waals surface area contributed by atoms with Gasteiger partial charge in [-0.15, -0.1) is 0 Å². The Morgan fingerprint density at radius 2 is 1.83 bits per heavy atom. The van der Waals surface area contributed by atoms with E-state index in [4.69, 9.17) is 9.84 Å². The molecule has 0 bridgehead atoms. The molecule has 4 N–H and O–H groups in total. The van der Waals surface area contributed by atoms with E-state index in [-0.39, 0.29) is 12.5 Å². The van der Waals surface area contributed by atoms with E-state index in [1.807, 2.05) is 51.1 Å². The summed E-state index contributed by atoms with van der Waals surface area (Å²) in [5.41, 5.74) is 0.899. The minimum atomic E-state index is -1.11. The summed E-state index contributed by atoms with van der Waals surface area (Å²) in [7, 11) is 0. The molecule has 0 aliphatic carbocycles. The van der Waals surface area contributed by atoms with Gasteiger partial charge in [0.15, 0.2) is 0 Å². The van der Waals surface area contributed by atoms with Crippen molar-refractivity contribution in [3.8, 4) is 0 Å². The van der Waals surface area contributed by atoms with Gasteiger partial charge >= 0.3 is 12.2 Å². The monoisotopic (exact) mass is 323 g/mol. The Morgan fingerprint density at radius 3 is 2.35 bits per heavy atom. The highest BCUT2D eigenvalue weighted by atomic mass is 16.5. The average Bonchev–Trinajstić information content (AvgIpc) is 2.52. The van der Waals surface area contributed by atoms with Crippen molar-refractivity contribution in [2.24, 2.45) is 5.92 Å². The maximum atomic E-state index is 11.8. The third-order valence-electron chi connectivity index (χ3n) is 3.24. The Labute approximate surface area is 136 Å². The number of carboxylic acid groups (broad SMARTS) is 1. The Balaban J connectivity index is 2.47. The number of rotatable bonds is 8. The van der Waals surface area contributed by atoms with Gasteiger partial charge in [-0.2, -0.15) is 0 Å². The molecule has 7 heteroatoms. The van der Waals surface area contributed by atoms with E-state index in [2.05, 4.69) is 16.0 Å². The fourth-order valence-electron chi connectivity index (χ4n) is 1.92. The second kappa shape index (κ2) is 9.68. The van der Waals surface area contributed by atoms with Crippen LogP contribution in [0.1, 0.15) is 32.8 Å². The number of amides is 2. The number of hydrogen-bond donors (Lipinski definition) is 4. The van der Waals surface area contributed by atoms with Crippen molar-refractivity contribution in [3.05, 3.63) is 35.9 Å². The van der Waals surface area contributed by atoms with E-state index < -0.39 is 24.5 Å². The van der Waals surface area contributed by atoms with Gasteiger partial charge in [0.1, 0.15) is 6.61 Å². The lowest BCUT2D eigenvalue weighted by atomic mass is 10.1. The third-order valence-corrected chi connectivity index (χ3v) is 3.24. The van der Waals surface area contributed by atoms with Crippen LogP contribution in [0.25, 0.3) is 0 Å². The van der Waals surface area contributed by atoms with E-state index in [1.165, 1.54) is 0 Å². The Morgan fingerprint density at radius 1 is 1.17 bits per heavy atom. The zero-order valence-electron chi connectivity index (χ0n) is 13.7. The molecule has 0 fully saturated rings. The first kappa shape index (κ1) is 18.8. The van der Waals surface area contributed by atoms with Gasteiger partial charge in [-0.3, -0.25) is 5.32 Å². The fourth-order valence-corrected chi connectivity index (χ4v) is 1.92. The van der Waals surface area contributed by atoms with Gasteiger partial charge in [-0.05, 0) is 17.9 Å². The normalized spacial score (nSPS) is 13.2. The second-order valence-corrected chi connectivity index (χ2v) is 5.50. The van der Waals surface area contributed by atoms with Crippen LogP contribution in [0.5, 0.6) is 0 Å². The predicted octanol–water partition coefficient (Wildman–Crippen LogP) is 2.49. The van der Waals surface area contributed by atoms with Crippen LogP contribution in [0.3, 0.4) is 0 Å². The first-order chi connectivity index (χ1) is 10.9. The standard InChI is InChI=1S/C16H25N3O4/c1-4-13(17-14(11(2)3)19-15(20)21)18-16(22)23-10-12-8-6-5-7-9-12/h5-9,11,13-14,17,19H,4,10H2,1-3H3,(H,18,22)(H,20,21). The topological polar surface area (TPSA) is 99.7 Å². The highest BCUT2D eigenvalue weighted by Crippen LogP contribution is 2.03. The number of nitrogens with one attached hydrogen (secondary N) is 3. The second-order valence-electron chi connectivity index (χ2n) is 5.50. The summed E-state index contributed by atoms with van der Waals surface area (Å²) < 4.78 is 5.16. The third kappa shape index (κ3) is 7.51. The maximum absolute atomic E-state index is 11.8. The molecule has 0 spiro atoms. The SMILES string of the molecule is CCC(NC(=O)OCc1ccccc1)NC(NC(=O)O)C(C)C. The molecule has 23 heavy (non-hydrogen) atoms. The number of carbonyl (C=O) groups excluding carboxylic acids is 1. The summed E-state index contributed by atoms with van der Waals surface area (Å²) >= 11 is 0. The molecule has 0 radical (unpaired) electrons. The summed E-state index contributed by atoms with van der Waals surface area (Å²) in [4.78, 5) is 22.7. The first-order valence-corrected chi connectivity index (χ1v) is 7.65. The molecule has 0 aliphatic heterocycles. The largest absolute Gasteiger partial charge is 0.465 e. The number of hydrogen-bond acceptors (Lipinski definition) is 4. The molecule has 0 saturated carbocycles. The van der Waals surface area contributed by atoms with Crippen molar-refractivity contribution in [2.75, 3.05) is 0 Å². The smallest absolute Gasteiger partial charge is 0.408 e. The van der Waals surface area contributed by atoms with Crippen LogP contribution >= 0.6 is 0 Å². The molecule has 7 nitrogen and oxygen atoms in total. The van der Waals surface area contributed by atoms with Gasteiger partial charge in [-0.1, -0.05) is 51.1 Å². The van der Waals surface area contributed by atoms with Crippen molar-refractivity contribution < 1.29 is 19.4 Å². The van der Waals surface area contributed by atoms with Gasteiger partial charge in [0.2, 0.25) is 0 Å². The van der Waals surface area contributed by atoms with E-state index in [0.29, 0.717) is 6.42 Å². The minimum Gasteiger partial charge on any atom is -0.465 e. The van der Waals surface area contributed by atoms with Crippen molar-refractivity contribution in [1.82, 2.24) is 16.0 Å². The van der Waals surface area contributed by atoms with E-state index in [9.17, 15) is 9.59 Å². The Kier molecular flexibility index (Phi) is 7.90. The van der Waals surface area contributed by atoms with Crippen molar-refractivity contribution in [3.63, 3.8) is 0 Å². The molecule has 2 atom stereocenters. The van der Waals surface area contributed by atoms with Crippen LogP contribution in [0.15, 0.2) is 30.3 Å². The van der Waals surface area contributed by atoms with Crippen LogP contribution in [0.2, 0.25) is 0 Å². The van der Waals surface area contributed by atoms with E-state index in [1.54, 1.807) is 0 Å². The highest BCUT2D eigenvalue weighted by Gasteiger charge is 2.20. The molecule has 0 heterocycles. The van der Waals surface area contributed by atoms with Gasteiger partial charge in [-0.25, -0.2) is 9.59 Å². The number of ether oxygens (including phenoxy) is 1. The molecule has 128 valence electrons. The van der Waals surface area contributed by atoms with Crippen molar-refractivity contribution >= 4 is 12.2 Å². The molecule has 2 amide bonds. The lowest BCUT2D eigenvalue weighted by molar-refractivity contribution is 0.129. The predicted molar refractivity (Wildman–Crippen MR) is 86.8 cm³/mol. The van der Waals surface area contributed by atoms with Gasteiger partial charge in [0.05, 0.1) is 12.3 Å². The number of alkyl carbamates (subject to hydrolysis) is 1. The fraction of sp³-hybridized carbons (Fsp3) is 0.500. The summed E-state index contributed by atoms with van der Waals surface area (Å²) in [6.45, 7) is 5.83. The zero-order chi connectivity index (χ0) is 17.2. The van der Waals surface area contributed by atoms with Crippen LogP contribution in [-0.4, -0.2) is 29.6 Å². The molecule has 0 aliphatic rings. The van der Waals surface area contributed by atoms with Gasteiger partial charge in [0, 0.05) is 0 Å². The quantitative estimate of drug-likeness (QED) is 0.551. The molecule has 2 unspecified atom stereocenters.